The first-order valence-corrected chi connectivity index (χ1v) is 47.2. The predicted molar refractivity (Wildman–Crippen MR) is 542 cm³/mol. The zero-order chi connectivity index (χ0) is 94.7. The van der Waals surface area contributed by atoms with Gasteiger partial charge in [-0.2, -0.15) is 20.4 Å². The summed E-state index contributed by atoms with van der Waals surface area (Å²) in [6.45, 7) is 14.7. The molecule has 129 heavy (non-hydrogen) atoms. The third-order valence-corrected chi connectivity index (χ3v) is 22.7. The lowest BCUT2D eigenvalue weighted by atomic mass is 10.1. The minimum absolute atomic E-state index is 0.00786. The van der Waals surface area contributed by atoms with Crippen LogP contribution in [0.15, 0.2) is 239 Å². The van der Waals surface area contributed by atoms with Crippen LogP contribution in [0.1, 0.15) is 101 Å². The van der Waals surface area contributed by atoms with Crippen LogP contribution < -0.4 is 39.4 Å². The number of nitro groups is 1. The van der Waals surface area contributed by atoms with Crippen LogP contribution in [0.4, 0.5) is 41.0 Å². The molecule has 11 N–H and O–H groups in total. The third kappa shape index (κ3) is 42.6. The number of thioether (sulfide) groups is 4. The molecular weight excluding hydrogens is 1980 g/mol. The summed E-state index contributed by atoms with van der Waals surface area (Å²) in [4.78, 5) is 93.9. The Kier molecular flexibility index (Phi) is 52.4. The molecule has 9 aromatic carbocycles. The van der Waals surface area contributed by atoms with Crippen LogP contribution in [-0.2, 0) is 33.8 Å². The van der Waals surface area contributed by atoms with Gasteiger partial charge in [-0.25, -0.2) is 31.1 Å². The Labute approximate surface area is 819 Å². The van der Waals surface area contributed by atoms with Gasteiger partial charge in [0.05, 0.1) is 72.6 Å². The summed E-state index contributed by atoms with van der Waals surface area (Å²) < 4.78 is 14.6. The number of carbonyl (C=O) groups excluding carboxylic acids is 7. The number of ketones is 2. The Bertz CT molecular complexity index is 5300. The van der Waals surface area contributed by atoms with Gasteiger partial charge in [0.2, 0.25) is 0 Å². The van der Waals surface area contributed by atoms with Gasteiger partial charge in [-0.1, -0.05) is 231 Å². The fourth-order valence-electron chi connectivity index (χ4n) is 10.6. The molecule has 0 fully saturated rings. The van der Waals surface area contributed by atoms with E-state index in [0.717, 1.165) is 94.0 Å². The maximum absolute atomic E-state index is 12.4. The maximum Gasteiger partial charge on any atom is 0.411 e. The largest absolute Gasteiger partial charge is 0.475 e. The van der Waals surface area contributed by atoms with Gasteiger partial charge in [-0.05, 0) is 237 Å². The summed E-state index contributed by atoms with van der Waals surface area (Å²) in [5, 5.41) is 39.4. The number of nitro benzene ring substituents is 1. The number of halogens is 8. The monoisotopic (exact) mass is 2070 g/mol. The highest BCUT2D eigenvalue weighted by atomic mass is 79.9. The number of thiocarbonyl (C=S) groups is 2. The van der Waals surface area contributed by atoms with Gasteiger partial charge in [0.15, 0.2) is 11.6 Å². The molecule has 4 heterocycles. The summed E-state index contributed by atoms with van der Waals surface area (Å²) in [6, 6.07) is 64.2. The average Bonchev–Trinajstić information content (AvgIpc) is 0.823. The number of nitrogen functional groups attached to an aromatic ring is 1. The van der Waals surface area contributed by atoms with Gasteiger partial charge in [0.1, 0.15) is 0 Å². The highest BCUT2D eigenvalue weighted by Crippen LogP contribution is 2.29. The number of non-ortho nitro benzene ring substituents is 1. The zero-order valence-electron chi connectivity index (χ0n) is 70.1. The summed E-state index contributed by atoms with van der Waals surface area (Å²) in [7, 11) is 0. The van der Waals surface area contributed by atoms with Crippen molar-refractivity contribution in [3.8, 4) is 0 Å². The molecular formula is C87H92BrCl7N16O12S6. The molecule has 4 aliphatic heterocycles. The molecule has 0 radical (unpaired) electrons. The molecule has 42 heteroatoms. The molecule has 5 amide bonds. The summed E-state index contributed by atoms with van der Waals surface area (Å²) >= 11 is 56.6. The Balaban J connectivity index is 0.000000275. The Morgan fingerprint density at radius 3 is 1.26 bits per heavy atom. The number of hydrazone groups is 4. The van der Waals surface area contributed by atoms with Crippen molar-refractivity contribution in [3.05, 3.63) is 309 Å². The topological polar surface area (TPSA) is 393 Å². The van der Waals surface area contributed by atoms with E-state index in [0.29, 0.717) is 119 Å². The molecule has 9 aromatic rings. The van der Waals surface area contributed by atoms with E-state index in [2.05, 4.69) is 117 Å². The molecule has 28 nitrogen and oxygen atoms in total. The number of alkyl halides is 1. The fourth-order valence-corrected chi connectivity index (χ4v) is 14.8. The number of Topliss-reactive ketones (excluding diaryl/α,β-unsaturated/α-hetero) is 2. The minimum atomic E-state index is -0.487. The second-order valence-electron chi connectivity index (χ2n) is 25.9. The Morgan fingerprint density at radius 2 is 0.915 bits per heavy atom. The van der Waals surface area contributed by atoms with Crippen molar-refractivity contribution in [2.75, 3.05) is 78.8 Å². The van der Waals surface area contributed by atoms with Crippen molar-refractivity contribution in [3.63, 3.8) is 0 Å². The van der Waals surface area contributed by atoms with Crippen LogP contribution in [0.3, 0.4) is 0 Å². The molecule has 684 valence electrons. The van der Waals surface area contributed by atoms with Crippen molar-refractivity contribution in [2.45, 2.75) is 60.7 Å². The van der Waals surface area contributed by atoms with Crippen LogP contribution in [0, 0.1) is 10.1 Å². The van der Waals surface area contributed by atoms with E-state index in [1.807, 2.05) is 129 Å². The maximum atomic E-state index is 12.4. The molecule has 0 aromatic heterocycles. The van der Waals surface area contributed by atoms with Crippen molar-refractivity contribution in [2.24, 2.45) is 37.9 Å². The number of amides is 5. The molecule has 4 aliphatic rings. The quantitative estimate of drug-likeness (QED) is 0.00360. The lowest BCUT2D eigenvalue weighted by Gasteiger charge is -2.23. The number of ether oxygens (including phenoxy) is 3. The molecule has 0 saturated carbocycles. The smallest absolute Gasteiger partial charge is 0.411 e. The van der Waals surface area contributed by atoms with Crippen LogP contribution in [-0.4, -0.2) is 164 Å². The average molecular weight is 2070 g/mol. The van der Waals surface area contributed by atoms with Crippen LogP contribution in [0.2, 0.25) is 30.1 Å². The molecule has 0 aliphatic carbocycles. The molecule has 0 saturated heterocycles. The second kappa shape index (κ2) is 61.3. The van der Waals surface area contributed by atoms with Gasteiger partial charge in [0.25, 0.3) is 20.6 Å². The molecule has 0 bridgehead atoms. The zero-order valence-corrected chi connectivity index (χ0v) is 81.9. The Morgan fingerprint density at radius 1 is 0.535 bits per heavy atom. The third-order valence-electron chi connectivity index (χ3n) is 16.9. The van der Waals surface area contributed by atoms with Crippen molar-refractivity contribution in [1.29, 1.82) is 0 Å². The van der Waals surface area contributed by atoms with Gasteiger partial charge < -0.3 is 24.8 Å². The number of nitrogens with two attached hydrogens (primary N) is 4. The van der Waals surface area contributed by atoms with E-state index in [4.69, 9.17) is 97.5 Å². The molecule has 13 rings (SSSR count). The number of nitrogens with zero attached hydrogens (tertiary/aromatic N) is 9. The first-order valence-electron chi connectivity index (χ1n) is 38.7. The van der Waals surface area contributed by atoms with E-state index in [9.17, 15) is 43.7 Å². The highest BCUT2D eigenvalue weighted by molar-refractivity contribution is 9.09. The number of rotatable bonds is 23. The molecule has 0 atom stereocenters. The van der Waals surface area contributed by atoms with Gasteiger partial charge in [0, 0.05) is 94.3 Å². The lowest BCUT2D eigenvalue weighted by Crippen LogP contribution is -2.30. The van der Waals surface area contributed by atoms with E-state index >= 15 is 0 Å². The van der Waals surface area contributed by atoms with Crippen molar-refractivity contribution < 1.29 is 52.7 Å². The minimum Gasteiger partial charge on any atom is -0.475 e. The summed E-state index contributed by atoms with van der Waals surface area (Å²) in [5.74, 6) is 15.1. The van der Waals surface area contributed by atoms with E-state index < -0.39 is 11.0 Å². The van der Waals surface area contributed by atoms with Crippen LogP contribution >= 0.6 is 169 Å². The number of hydrazine groups is 2. The number of carbonyl (C=O) groups is 7. The number of hydrogen-bond acceptors (Lipinski definition) is 27. The van der Waals surface area contributed by atoms with Gasteiger partial charge in [-0.3, -0.25) is 61.3 Å². The predicted octanol–water partition coefficient (Wildman–Crippen LogP) is 22.1. The van der Waals surface area contributed by atoms with Crippen molar-refractivity contribution in [1.82, 2.24) is 30.8 Å². The number of hydrogen-bond donors (Lipinski definition) is 7. The summed E-state index contributed by atoms with van der Waals surface area (Å²) in [6.07, 6.45) is 0.303. The fraction of sp³-hybridized carbons (Fsp3) is 0.230. The van der Waals surface area contributed by atoms with Crippen LogP contribution in [0.25, 0.3) is 0 Å². The lowest BCUT2D eigenvalue weighted by molar-refractivity contribution is -0.384. The van der Waals surface area contributed by atoms with Gasteiger partial charge >= 0.3 is 21.8 Å². The van der Waals surface area contributed by atoms with Crippen molar-refractivity contribution >= 4 is 257 Å². The van der Waals surface area contributed by atoms with E-state index in [1.54, 1.807) is 91.0 Å². The second-order valence-corrected chi connectivity index (χ2v) is 34.1. The number of anilines is 2. The molecule has 0 unspecified atom stereocenters. The Hall–Kier alpha value is -9.32. The van der Waals surface area contributed by atoms with E-state index in [-0.39, 0.29) is 54.4 Å². The number of benzene rings is 9. The SMILES string of the molecule is CC(=O)c1ccc(Cl)cc1.CCN(CC)CCCOC(=O)Nc1cccc(CN2N=C(c3ccc(Cl)cc3)CSC2=O)c1.CCOC(=S)Cl.CCOC(=S)NN.NN.Nc1cccc(CN2N=C(c3ccc(Cl)cc3)CSC2=O)c1.O=C(CBr)c1ccc(Cl)cc1.O=C1NN=C(c2ccc(Cl)cc2)CS1.O=C1SCC(c2ccc(Cl)cc2)=NN1Cc1cccc([N+](=O)[O-])c1. The van der Waals surface area contributed by atoms with Gasteiger partial charge in [-0.15, -0.1) is 0 Å². The first kappa shape index (κ1) is 110. The standard InChI is InChI=1S/C24H29ClN4O3S.C16H12ClN3O3S.C16H14ClN3OS.C9H7ClN2OS.C8H6BrClO.C8H7ClO.C3H5ClOS.C3H8N2OS.H4N2/c1-3-28(4-2)13-6-14-32-23(30)26-21-8-5-7-18(15-21)16-29-24(31)33-17-22(27-29)19-9-11-20(25)12-10-19;17-13-6-4-12(5-7-13)15-10-24-16(21)19(18-15)9-11-2-1-3-14(8-11)20(22)23;17-13-6-4-12(5-7-13)15-10-22-16(21)20(19-15)9-11-2-1-3-14(18)8-11;10-7-3-1-6(2-4-7)8-5-14-9(13)12-11-8;9-5-8(11)6-1-3-7(10)4-2-6;1-6(10)7-2-4-8(9)5-3-7;1-2-5-3(4)6;1-2-6-3(7)5-4;1-2/h5,7-12,15H,3-4,6,13-14,16-17H2,1-2H3,(H,26,30);1-8H,9-10H2;1-8H,9-10,18H2;1-4H,5H2,(H,12,13);1-4H,5H2;2-5H,1H3;2H2,1H3;2,4H2,1H3,(H,5,7);1-2H2. The normalized spacial score (nSPS) is 12.9. The summed E-state index contributed by atoms with van der Waals surface area (Å²) in [5.41, 5.74) is 22.6. The molecule has 0 spiro atoms. The van der Waals surface area contributed by atoms with Crippen LogP contribution in [0.5, 0.6) is 0 Å². The number of nitrogens with one attached hydrogen (secondary N) is 3. The highest BCUT2D eigenvalue weighted by Gasteiger charge is 2.26. The first-order chi connectivity index (χ1) is 61.9. The van der Waals surface area contributed by atoms with E-state index in [1.165, 1.54) is 69.4 Å².